The summed E-state index contributed by atoms with van der Waals surface area (Å²) in [6.45, 7) is 0. The molecule has 1 fully saturated rings. The van der Waals surface area contributed by atoms with Crippen molar-refractivity contribution >= 4 is 11.6 Å². The topological polar surface area (TPSA) is 0 Å². The number of alkyl halides is 3. The van der Waals surface area contributed by atoms with E-state index in [0.717, 1.165) is 18.9 Å². The van der Waals surface area contributed by atoms with Crippen LogP contribution in [-0.2, 0) is 6.18 Å². The molecule has 14 heavy (non-hydrogen) atoms. The molecule has 1 saturated carbocycles. The highest BCUT2D eigenvalue weighted by Gasteiger charge is 2.33. The van der Waals surface area contributed by atoms with Gasteiger partial charge in [0, 0.05) is 5.02 Å². The third-order valence-corrected chi connectivity index (χ3v) is 2.68. The summed E-state index contributed by atoms with van der Waals surface area (Å²) in [4.78, 5) is 0. The standard InChI is InChI=1S/C10H8ClF3/c11-9-4-3-7(10(12,13)14)5-8(9)6-1-2-6/h3-6H,1-2H2. The lowest BCUT2D eigenvalue weighted by Gasteiger charge is -2.09. The highest BCUT2D eigenvalue weighted by molar-refractivity contribution is 6.31. The molecule has 0 unspecified atom stereocenters. The Balaban J connectivity index is 2.40. The van der Waals surface area contributed by atoms with Crippen molar-refractivity contribution in [1.82, 2.24) is 0 Å². The molecule has 0 spiro atoms. The first kappa shape index (κ1) is 9.84. The lowest BCUT2D eigenvalue weighted by atomic mass is 10.1. The summed E-state index contributed by atoms with van der Waals surface area (Å²) in [5.74, 6) is 0.241. The van der Waals surface area contributed by atoms with E-state index in [1.165, 1.54) is 12.1 Å². The molecule has 0 atom stereocenters. The van der Waals surface area contributed by atoms with Crippen LogP contribution < -0.4 is 0 Å². The molecule has 0 amide bonds. The third kappa shape index (κ3) is 1.87. The van der Waals surface area contributed by atoms with Gasteiger partial charge in [-0.2, -0.15) is 13.2 Å². The first-order chi connectivity index (χ1) is 6.48. The number of halogens is 4. The predicted molar refractivity (Wildman–Crippen MR) is 48.4 cm³/mol. The molecule has 1 aliphatic rings. The zero-order chi connectivity index (χ0) is 10.3. The van der Waals surface area contributed by atoms with E-state index in [2.05, 4.69) is 0 Å². The fourth-order valence-corrected chi connectivity index (χ4v) is 1.70. The summed E-state index contributed by atoms with van der Waals surface area (Å²) in [5.41, 5.74) is 0.0327. The maximum Gasteiger partial charge on any atom is 0.416 e. The van der Waals surface area contributed by atoms with Crippen LogP contribution in [0.5, 0.6) is 0 Å². The quantitative estimate of drug-likeness (QED) is 0.664. The van der Waals surface area contributed by atoms with Crippen molar-refractivity contribution in [2.24, 2.45) is 0 Å². The van der Waals surface area contributed by atoms with E-state index in [0.29, 0.717) is 10.6 Å². The minimum atomic E-state index is -4.27. The van der Waals surface area contributed by atoms with Gasteiger partial charge in [-0.1, -0.05) is 11.6 Å². The van der Waals surface area contributed by atoms with Gasteiger partial charge in [0.15, 0.2) is 0 Å². The van der Waals surface area contributed by atoms with E-state index < -0.39 is 11.7 Å². The van der Waals surface area contributed by atoms with Crippen molar-refractivity contribution in [3.8, 4) is 0 Å². The second-order valence-electron chi connectivity index (χ2n) is 3.51. The molecule has 0 radical (unpaired) electrons. The average molecular weight is 221 g/mol. The van der Waals surface area contributed by atoms with Crippen molar-refractivity contribution < 1.29 is 13.2 Å². The van der Waals surface area contributed by atoms with Crippen molar-refractivity contribution in [3.63, 3.8) is 0 Å². The highest BCUT2D eigenvalue weighted by Crippen LogP contribution is 2.44. The molecule has 76 valence electrons. The summed E-state index contributed by atoms with van der Waals surface area (Å²) in [6, 6.07) is 3.52. The summed E-state index contributed by atoms with van der Waals surface area (Å²) in [6.07, 6.45) is -2.38. The third-order valence-electron chi connectivity index (χ3n) is 2.34. The van der Waals surface area contributed by atoms with E-state index in [1.807, 2.05) is 0 Å². The molecule has 1 aromatic carbocycles. The Hall–Kier alpha value is -0.700. The molecular formula is C10H8ClF3. The summed E-state index contributed by atoms with van der Waals surface area (Å²) < 4.78 is 37.0. The van der Waals surface area contributed by atoms with Gasteiger partial charge >= 0.3 is 6.18 Å². The second kappa shape index (κ2) is 3.16. The smallest absolute Gasteiger partial charge is 0.166 e. The minimum Gasteiger partial charge on any atom is -0.166 e. The van der Waals surface area contributed by atoms with Crippen LogP contribution in [0.15, 0.2) is 18.2 Å². The Kier molecular flexibility index (Phi) is 2.22. The van der Waals surface area contributed by atoms with Gasteiger partial charge in [0.05, 0.1) is 5.56 Å². The van der Waals surface area contributed by atoms with E-state index in [1.54, 1.807) is 0 Å². The van der Waals surface area contributed by atoms with Gasteiger partial charge in [0.1, 0.15) is 0 Å². The lowest BCUT2D eigenvalue weighted by Crippen LogP contribution is -2.05. The summed E-state index contributed by atoms with van der Waals surface area (Å²) in [5, 5.41) is 0.445. The molecule has 0 saturated heterocycles. The van der Waals surface area contributed by atoms with Crippen molar-refractivity contribution in [1.29, 1.82) is 0 Å². The Labute approximate surface area is 84.7 Å². The van der Waals surface area contributed by atoms with Crippen LogP contribution in [0.4, 0.5) is 13.2 Å². The molecule has 2 rings (SSSR count). The monoisotopic (exact) mass is 220 g/mol. The average Bonchev–Trinajstić information content (AvgIpc) is 2.85. The van der Waals surface area contributed by atoms with Crippen molar-refractivity contribution in [2.75, 3.05) is 0 Å². The summed E-state index contributed by atoms with van der Waals surface area (Å²) >= 11 is 5.81. The molecule has 0 N–H and O–H groups in total. The van der Waals surface area contributed by atoms with E-state index in [4.69, 9.17) is 11.6 Å². The largest absolute Gasteiger partial charge is 0.416 e. The number of benzene rings is 1. The van der Waals surface area contributed by atoms with Crippen LogP contribution in [0.25, 0.3) is 0 Å². The lowest BCUT2D eigenvalue weighted by molar-refractivity contribution is -0.137. The van der Waals surface area contributed by atoms with E-state index in [-0.39, 0.29) is 5.92 Å². The van der Waals surface area contributed by atoms with Gasteiger partial charge in [0.25, 0.3) is 0 Å². The van der Waals surface area contributed by atoms with E-state index >= 15 is 0 Å². The Morgan fingerprint density at radius 1 is 1.21 bits per heavy atom. The van der Waals surface area contributed by atoms with Crippen LogP contribution in [0.2, 0.25) is 5.02 Å². The molecule has 4 heteroatoms. The normalized spacial score (nSPS) is 17.1. The van der Waals surface area contributed by atoms with Gasteiger partial charge in [-0.3, -0.25) is 0 Å². The minimum absolute atomic E-state index is 0.241. The number of hydrogen-bond donors (Lipinski definition) is 0. The maximum atomic E-state index is 12.3. The number of hydrogen-bond acceptors (Lipinski definition) is 0. The zero-order valence-corrected chi connectivity index (χ0v) is 7.99. The van der Waals surface area contributed by atoms with Crippen LogP contribution in [0.3, 0.4) is 0 Å². The van der Waals surface area contributed by atoms with Gasteiger partial charge < -0.3 is 0 Å². The van der Waals surface area contributed by atoms with Crippen LogP contribution in [0, 0.1) is 0 Å². The van der Waals surface area contributed by atoms with Crippen molar-refractivity contribution in [2.45, 2.75) is 24.9 Å². The molecular weight excluding hydrogens is 213 g/mol. The van der Waals surface area contributed by atoms with Gasteiger partial charge in [-0.05, 0) is 42.5 Å². The van der Waals surface area contributed by atoms with E-state index in [9.17, 15) is 13.2 Å². The van der Waals surface area contributed by atoms with Crippen LogP contribution in [0.1, 0.15) is 29.9 Å². The fraction of sp³-hybridized carbons (Fsp3) is 0.400. The SMILES string of the molecule is FC(F)(F)c1ccc(Cl)c(C2CC2)c1. The maximum absolute atomic E-state index is 12.3. The first-order valence-corrected chi connectivity index (χ1v) is 4.73. The van der Waals surface area contributed by atoms with Crippen molar-refractivity contribution in [3.05, 3.63) is 34.3 Å². The molecule has 0 aliphatic heterocycles. The van der Waals surface area contributed by atoms with Gasteiger partial charge in [-0.15, -0.1) is 0 Å². The van der Waals surface area contributed by atoms with Gasteiger partial charge in [0.2, 0.25) is 0 Å². The molecule has 1 aromatic rings. The first-order valence-electron chi connectivity index (χ1n) is 4.35. The molecule has 0 nitrogen and oxygen atoms in total. The zero-order valence-electron chi connectivity index (χ0n) is 7.24. The highest BCUT2D eigenvalue weighted by atomic mass is 35.5. The Morgan fingerprint density at radius 2 is 1.86 bits per heavy atom. The second-order valence-corrected chi connectivity index (χ2v) is 3.92. The molecule has 1 aliphatic carbocycles. The molecule has 0 aromatic heterocycles. The molecule has 0 heterocycles. The predicted octanol–water partition coefficient (Wildman–Crippen LogP) is 4.24. The van der Waals surface area contributed by atoms with Crippen LogP contribution >= 0.6 is 11.6 Å². The Bertz CT molecular complexity index is 353. The fourth-order valence-electron chi connectivity index (χ4n) is 1.43. The number of rotatable bonds is 1. The van der Waals surface area contributed by atoms with Crippen LogP contribution in [-0.4, -0.2) is 0 Å². The van der Waals surface area contributed by atoms with Gasteiger partial charge in [-0.25, -0.2) is 0 Å². The molecule has 0 bridgehead atoms. The Morgan fingerprint density at radius 3 is 2.36 bits per heavy atom. The summed E-state index contributed by atoms with van der Waals surface area (Å²) in [7, 11) is 0.